The first-order chi connectivity index (χ1) is 10.8. The highest BCUT2D eigenvalue weighted by molar-refractivity contribution is 5.95. The Labute approximate surface area is 137 Å². The van der Waals surface area contributed by atoms with E-state index in [-0.39, 0.29) is 30.1 Å². The average molecular weight is 319 g/mol. The molecule has 1 saturated heterocycles. The number of hydrogen-bond donors (Lipinski definition) is 2. The Morgan fingerprint density at radius 3 is 2.04 bits per heavy atom. The number of nitrogens with zero attached hydrogens (tertiary/aromatic N) is 1. The highest BCUT2D eigenvalue weighted by atomic mass is 16.5. The normalized spacial score (nSPS) is 23.1. The van der Waals surface area contributed by atoms with E-state index in [0.717, 1.165) is 13.1 Å². The largest absolute Gasteiger partial charge is 0.373 e. The van der Waals surface area contributed by atoms with Gasteiger partial charge in [-0.15, -0.1) is 0 Å². The van der Waals surface area contributed by atoms with Gasteiger partial charge in [0.05, 0.1) is 18.2 Å². The minimum atomic E-state index is -0.223. The lowest BCUT2D eigenvalue weighted by molar-refractivity contribution is -0.126. The maximum Gasteiger partial charge on any atom is 0.241 e. The smallest absolute Gasteiger partial charge is 0.241 e. The highest BCUT2D eigenvalue weighted by Crippen LogP contribution is 2.17. The Morgan fingerprint density at radius 1 is 1.09 bits per heavy atom. The molecule has 23 heavy (non-hydrogen) atoms. The molecule has 6 heteroatoms. The fourth-order valence-electron chi connectivity index (χ4n) is 2.79. The van der Waals surface area contributed by atoms with Crippen LogP contribution in [0.4, 0.5) is 11.4 Å². The summed E-state index contributed by atoms with van der Waals surface area (Å²) in [5.41, 5.74) is 1.42. The van der Waals surface area contributed by atoms with Gasteiger partial charge in [0.15, 0.2) is 0 Å². The number of anilines is 2. The molecule has 2 N–H and O–H groups in total. The monoisotopic (exact) mass is 319 g/mol. The van der Waals surface area contributed by atoms with Gasteiger partial charge >= 0.3 is 0 Å². The SMILES string of the molecule is CC(=O)Nc1ccc(NC(=O)C(C)N2CC(C)OC(C)C2)cc1. The second-order valence-electron chi connectivity index (χ2n) is 6.13. The molecule has 0 saturated carbocycles. The molecule has 3 atom stereocenters. The third kappa shape index (κ3) is 5.04. The van der Waals surface area contributed by atoms with Gasteiger partial charge in [0.25, 0.3) is 0 Å². The Hall–Kier alpha value is -1.92. The molecule has 0 bridgehead atoms. The van der Waals surface area contributed by atoms with Crippen molar-refractivity contribution in [2.45, 2.75) is 45.9 Å². The van der Waals surface area contributed by atoms with Crippen LogP contribution in [0.3, 0.4) is 0 Å². The van der Waals surface area contributed by atoms with E-state index in [1.54, 1.807) is 24.3 Å². The first kappa shape index (κ1) is 17.4. The zero-order valence-electron chi connectivity index (χ0n) is 14.1. The Bertz CT molecular complexity index is 549. The number of nitrogens with one attached hydrogen (secondary N) is 2. The van der Waals surface area contributed by atoms with Crippen LogP contribution in [0.15, 0.2) is 24.3 Å². The lowest BCUT2D eigenvalue weighted by Crippen LogP contribution is -2.52. The van der Waals surface area contributed by atoms with E-state index < -0.39 is 0 Å². The average Bonchev–Trinajstić information content (AvgIpc) is 2.47. The van der Waals surface area contributed by atoms with Crippen LogP contribution in [0.25, 0.3) is 0 Å². The molecular weight excluding hydrogens is 294 g/mol. The number of carbonyl (C=O) groups excluding carboxylic acids is 2. The standard InChI is InChI=1S/C17H25N3O3/c1-11-9-20(10-12(2)23-11)13(3)17(22)19-16-7-5-15(6-8-16)18-14(4)21/h5-8,11-13H,9-10H2,1-4H3,(H,18,21)(H,19,22). The van der Waals surface area contributed by atoms with Gasteiger partial charge in [-0.05, 0) is 45.0 Å². The van der Waals surface area contributed by atoms with Crippen molar-refractivity contribution in [1.82, 2.24) is 4.90 Å². The van der Waals surface area contributed by atoms with Crippen LogP contribution in [0.5, 0.6) is 0 Å². The molecule has 3 unspecified atom stereocenters. The number of morpholine rings is 1. The van der Waals surface area contributed by atoms with E-state index >= 15 is 0 Å². The van der Waals surface area contributed by atoms with Crippen molar-refractivity contribution < 1.29 is 14.3 Å². The topological polar surface area (TPSA) is 70.7 Å². The summed E-state index contributed by atoms with van der Waals surface area (Å²) in [6.07, 6.45) is 0.261. The van der Waals surface area contributed by atoms with Gasteiger partial charge in [0.1, 0.15) is 0 Å². The maximum absolute atomic E-state index is 12.4. The molecule has 0 aromatic heterocycles. The van der Waals surface area contributed by atoms with E-state index in [1.165, 1.54) is 6.92 Å². The minimum Gasteiger partial charge on any atom is -0.373 e. The van der Waals surface area contributed by atoms with Crippen molar-refractivity contribution in [3.63, 3.8) is 0 Å². The predicted molar refractivity (Wildman–Crippen MR) is 90.4 cm³/mol. The third-order valence-electron chi connectivity index (χ3n) is 3.85. The fourth-order valence-corrected chi connectivity index (χ4v) is 2.79. The number of ether oxygens (including phenoxy) is 1. The summed E-state index contributed by atoms with van der Waals surface area (Å²) in [4.78, 5) is 25.6. The van der Waals surface area contributed by atoms with E-state index in [2.05, 4.69) is 15.5 Å². The first-order valence-electron chi connectivity index (χ1n) is 7.93. The minimum absolute atomic E-state index is 0.0430. The molecule has 0 aliphatic carbocycles. The summed E-state index contributed by atoms with van der Waals surface area (Å²) in [7, 11) is 0. The van der Waals surface area contributed by atoms with Crippen molar-refractivity contribution >= 4 is 23.2 Å². The first-order valence-corrected chi connectivity index (χ1v) is 7.93. The van der Waals surface area contributed by atoms with Gasteiger partial charge in [-0.1, -0.05) is 0 Å². The molecule has 1 aromatic carbocycles. The van der Waals surface area contributed by atoms with Gasteiger partial charge < -0.3 is 15.4 Å². The fraction of sp³-hybridized carbons (Fsp3) is 0.529. The highest BCUT2D eigenvalue weighted by Gasteiger charge is 2.29. The molecule has 2 rings (SSSR count). The molecule has 6 nitrogen and oxygen atoms in total. The van der Waals surface area contributed by atoms with Crippen LogP contribution in [-0.2, 0) is 14.3 Å². The molecule has 1 fully saturated rings. The second kappa shape index (κ2) is 7.57. The van der Waals surface area contributed by atoms with Crippen molar-refractivity contribution in [3.8, 4) is 0 Å². The quantitative estimate of drug-likeness (QED) is 0.891. The number of benzene rings is 1. The van der Waals surface area contributed by atoms with Crippen molar-refractivity contribution in [1.29, 1.82) is 0 Å². The van der Waals surface area contributed by atoms with E-state index in [9.17, 15) is 9.59 Å². The molecule has 1 aliphatic heterocycles. The second-order valence-corrected chi connectivity index (χ2v) is 6.13. The molecule has 0 radical (unpaired) electrons. The van der Waals surface area contributed by atoms with Crippen LogP contribution in [0.2, 0.25) is 0 Å². The molecular formula is C17H25N3O3. The Balaban J connectivity index is 1.94. The predicted octanol–water partition coefficient (Wildman–Crippen LogP) is 2.08. The summed E-state index contributed by atoms with van der Waals surface area (Å²) in [5.74, 6) is -0.162. The number of amides is 2. The van der Waals surface area contributed by atoms with E-state index in [0.29, 0.717) is 11.4 Å². The van der Waals surface area contributed by atoms with Crippen molar-refractivity contribution in [2.24, 2.45) is 0 Å². The van der Waals surface area contributed by atoms with E-state index in [1.807, 2.05) is 20.8 Å². The van der Waals surface area contributed by atoms with Gasteiger partial charge in [-0.25, -0.2) is 0 Å². The summed E-state index contributed by atoms with van der Waals surface area (Å²) in [6.45, 7) is 8.91. The molecule has 1 aliphatic rings. The van der Waals surface area contributed by atoms with E-state index in [4.69, 9.17) is 4.74 Å². The summed E-state index contributed by atoms with van der Waals surface area (Å²) in [5, 5.41) is 5.61. The van der Waals surface area contributed by atoms with Gasteiger partial charge in [0, 0.05) is 31.4 Å². The van der Waals surface area contributed by atoms with Gasteiger partial charge in [-0.2, -0.15) is 0 Å². The molecule has 1 aromatic rings. The summed E-state index contributed by atoms with van der Waals surface area (Å²) < 4.78 is 5.70. The molecule has 126 valence electrons. The van der Waals surface area contributed by atoms with Crippen LogP contribution < -0.4 is 10.6 Å². The van der Waals surface area contributed by atoms with Crippen LogP contribution in [0, 0.1) is 0 Å². The Kier molecular flexibility index (Phi) is 5.74. The lowest BCUT2D eigenvalue weighted by Gasteiger charge is -2.38. The van der Waals surface area contributed by atoms with Crippen molar-refractivity contribution in [3.05, 3.63) is 24.3 Å². The number of rotatable bonds is 4. The molecule has 0 spiro atoms. The molecule has 1 heterocycles. The van der Waals surface area contributed by atoms with Crippen LogP contribution >= 0.6 is 0 Å². The van der Waals surface area contributed by atoms with Crippen LogP contribution in [-0.4, -0.2) is 48.1 Å². The number of carbonyl (C=O) groups is 2. The lowest BCUT2D eigenvalue weighted by atomic mass is 10.1. The van der Waals surface area contributed by atoms with Gasteiger partial charge in [-0.3, -0.25) is 14.5 Å². The zero-order valence-corrected chi connectivity index (χ0v) is 14.1. The maximum atomic E-state index is 12.4. The Morgan fingerprint density at radius 2 is 1.57 bits per heavy atom. The number of hydrogen-bond acceptors (Lipinski definition) is 4. The third-order valence-corrected chi connectivity index (χ3v) is 3.85. The van der Waals surface area contributed by atoms with Crippen LogP contribution in [0.1, 0.15) is 27.7 Å². The molecule has 2 amide bonds. The van der Waals surface area contributed by atoms with Gasteiger partial charge in [0.2, 0.25) is 11.8 Å². The zero-order chi connectivity index (χ0) is 17.0. The van der Waals surface area contributed by atoms with Crippen molar-refractivity contribution in [2.75, 3.05) is 23.7 Å². The summed E-state index contributed by atoms with van der Waals surface area (Å²) >= 11 is 0. The summed E-state index contributed by atoms with van der Waals surface area (Å²) in [6, 6.07) is 6.86.